The van der Waals surface area contributed by atoms with Gasteiger partial charge in [0.05, 0.1) is 5.75 Å². The fourth-order valence-corrected chi connectivity index (χ4v) is 3.65. The fourth-order valence-electron chi connectivity index (χ4n) is 2.76. The highest BCUT2D eigenvalue weighted by Crippen LogP contribution is 2.21. The Balaban J connectivity index is 1.43. The Bertz CT molecular complexity index is 1160. The first-order valence-electron chi connectivity index (χ1n) is 9.02. The number of nitrogens with zero attached hydrogens (tertiary/aromatic N) is 4. The molecule has 1 N–H and O–H groups in total. The van der Waals surface area contributed by atoms with E-state index in [-0.39, 0.29) is 11.7 Å². The summed E-state index contributed by atoms with van der Waals surface area (Å²) in [7, 11) is 0. The van der Waals surface area contributed by atoms with Crippen molar-refractivity contribution in [1.29, 1.82) is 0 Å². The van der Waals surface area contributed by atoms with Crippen molar-refractivity contribution in [3.63, 3.8) is 0 Å². The van der Waals surface area contributed by atoms with Crippen LogP contribution in [0.15, 0.2) is 65.7 Å². The van der Waals surface area contributed by atoms with Crippen LogP contribution in [0.25, 0.3) is 17.0 Å². The van der Waals surface area contributed by atoms with Gasteiger partial charge in [0.15, 0.2) is 11.5 Å². The maximum atomic E-state index is 12.2. The first-order chi connectivity index (χ1) is 14.1. The largest absolute Gasteiger partial charge is 0.351 e. The molecule has 0 radical (unpaired) electrons. The van der Waals surface area contributed by atoms with Gasteiger partial charge in [0.25, 0.3) is 0 Å². The Hall–Kier alpha value is -2.90. The number of aryl methyl sites for hydroxylation is 1. The molecule has 4 aromatic rings. The Labute approximate surface area is 177 Å². The maximum absolute atomic E-state index is 12.2. The quantitative estimate of drug-likeness (QED) is 0.471. The molecule has 0 saturated heterocycles. The van der Waals surface area contributed by atoms with Gasteiger partial charge in [-0.1, -0.05) is 71.4 Å². The van der Waals surface area contributed by atoms with Crippen LogP contribution in [0.4, 0.5) is 0 Å². The van der Waals surface area contributed by atoms with Gasteiger partial charge in [0.1, 0.15) is 5.03 Å². The molecule has 0 aliphatic heterocycles. The predicted octanol–water partition coefficient (Wildman–Crippen LogP) is 4.16. The minimum Gasteiger partial charge on any atom is -0.351 e. The molecular formula is C21H18ClN5OS. The lowest BCUT2D eigenvalue weighted by atomic mass is 10.1. The second-order valence-corrected chi connectivity index (χ2v) is 7.89. The van der Waals surface area contributed by atoms with Gasteiger partial charge in [0.2, 0.25) is 5.91 Å². The Kier molecular flexibility index (Phi) is 5.78. The van der Waals surface area contributed by atoms with E-state index in [4.69, 9.17) is 11.6 Å². The van der Waals surface area contributed by atoms with Crippen molar-refractivity contribution in [2.24, 2.45) is 0 Å². The normalized spacial score (nSPS) is 11.0. The lowest BCUT2D eigenvalue weighted by Gasteiger charge is -2.07. The molecule has 0 saturated carbocycles. The molecule has 2 heterocycles. The Morgan fingerprint density at radius 3 is 2.66 bits per heavy atom. The van der Waals surface area contributed by atoms with Crippen molar-refractivity contribution >= 4 is 34.9 Å². The fraction of sp³-hybridized carbons (Fsp3) is 0.143. The lowest BCUT2D eigenvalue weighted by molar-refractivity contribution is -0.118. The molecule has 2 aromatic carbocycles. The van der Waals surface area contributed by atoms with Gasteiger partial charge in [-0.05, 0) is 30.7 Å². The number of fused-ring (bicyclic) bond motifs is 1. The van der Waals surface area contributed by atoms with Crippen LogP contribution in [0.2, 0.25) is 5.02 Å². The molecule has 0 spiro atoms. The van der Waals surface area contributed by atoms with Crippen LogP contribution < -0.4 is 5.32 Å². The van der Waals surface area contributed by atoms with E-state index in [9.17, 15) is 4.79 Å². The summed E-state index contributed by atoms with van der Waals surface area (Å²) in [5.74, 6) is 0.843. The van der Waals surface area contributed by atoms with Crippen LogP contribution in [0.3, 0.4) is 0 Å². The smallest absolute Gasteiger partial charge is 0.230 e. The highest BCUT2D eigenvalue weighted by molar-refractivity contribution is 7.99. The van der Waals surface area contributed by atoms with E-state index >= 15 is 0 Å². The van der Waals surface area contributed by atoms with Gasteiger partial charge < -0.3 is 5.32 Å². The van der Waals surface area contributed by atoms with E-state index in [1.807, 2.05) is 67.6 Å². The molecule has 0 atom stereocenters. The molecule has 8 heteroatoms. The zero-order valence-electron chi connectivity index (χ0n) is 15.7. The summed E-state index contributed by atoms with van der Waals surface area (Å²) in [5.41, 5.74) is 3.66. The number of aromatic nitrogens is 4. The van der Waals surface area contributed by atoms with Gasteiger partial charge in [-0.15, -0.1) is 10.2 Å². The minimum atomic E-state index is -0.0840. The molecule has 0 unspecified atom stereocenters. The van der Waals surface area contributed by atoms with E-state index < -0.39 is 0 Å². The average molecular weight is 424 g/mol. The SMILES string of the molecule is Cc1ccc(-c2nnc3ccc(SCC(=O)NCc4ccccc4Cl)nn23)cc1. The molecule has 0 aliphatic carbocycles. The Morgan fingerprint density at radius 1 is 1.07 bits per heavy atom. The summed E-state index contributed by atoms with van der Waals surface area (Å²) in [5, 5.41) is 17.3. The molecular weight excluding hydrogens is 406 g/mol. The molecule has 4 rings (SSSR count). The van der Waals surface area contributed by atoms with Gasteiger partial charge in [0, 0.05) is 17.1 Å². The monoisotopic (exact) mass is 423 g/mol. The first-order valence-corrected chi connectivity index (χ1v) is 10.4. The van der Waals surface area contributed by atoms with E-state index in [0.717, 1.165) is 16.2 Å². The number of benzene rings is 2. The summed E-state index contributed by atoms with van der Waals surface area (Å²) in [6.07, 6.45) is 0. The third kappa shape index (κ3) is 4.58. The van der Waals surface area contributed by atoms with Crippen LogP contribution in [-0.4, -0.2) is 31.5 Å². The average Bonchev–Trinajstić information content (AvgIpc) is 3.15. The van der Waals surface area contributed by atoms with Crippen LogP contribution in [0.5, 0.6) is 0 Å². The van der Waals surface area contributed by atoms with Crippen LogP contribution in [0.1, 0.15) is 11.1 Å². The number of carbonyl (C=O) groups is 1. The van der Waals surface area contributed by atoms with Crippen molar-refractivity contribution in [2.45, 2.75) is 18.5 Å². The van der Waals surface area contributed by atoms with Gasteiger partial charge >= 0.3 is 0 Å². The van der Waals surface area contributed by atoms with Gasteiger partial charge in [-0.2, -0.15) is 9.61 Å². The summed E-state index contributed by atoms with van der Waals surface area (Å²) in [4.78, 5) is 12.2. The highest BCUT2D eigenvalue weighted by Gasteiger charge is 2.11. The van der Waals surface area contributed by atoms with Gasteiger partial charge in [-0.25, -0.2) is 0 Å². The summed E-state index contributed by atoms with van der Waals surface area (Å²) < 4.78 is 1.70. The van der Waals surface area contributed by atoms with E-state index in [1.165, 1.54) is 17.3 Å². The second kappa shape index (κ2) is 8.63. The molecule has 2 aromatic heterocycles. The molecule has 0 fully saturated rings. The third-order valence-electron chi connectivity index (χ3n) is 4.33. The van der Waals surface area contributed by atoms with Gasteiger partial charge in [-0.3, -0.25) is 4.79 Å². The van der Waals surface area contributed by atoms with E-state index in [0.29, 0.717) is 23.0 Å². The third-order valence-corrected chi connectivity index (χ3v) is 5.62. The van der Waals surface area contributed by atoms with Crippen LogP contribution in [0, 0.1) is 6.92 Å². The number of thioether (sulfide) groups is 1. The lowest BCUT2D eigenvalue weighted by Crippen LogP contribution is -2.24. The second-order valence-electron chi connectivity index (χ2n) is 6.49. The minimum absolute atomic E-state index is 0.0840. The van der Waals surface area contributed by atoms with Crippen molar-refractivity contribution in [3.8, 4) is 11.4 Å². The predicted molar refractivity (Wildman–Crippen MR) is 115 cm³/mol. The number of carbonyl (C=O) groups excluding carboxylic acids is 1. The summed E-state index contributed by atoms with van der Waals surface area (Å²) in [6, 6.07) is 19.2. The molecule has 146 valence electrons. The van der Waals surface area contributed by atoms with Crippen LogP contribution >= 0.6 is 23.4 Å². The summed E-state index contributed by atoms with van der Waals surface area (Å²) in [6.45, 7) is 2.43. The van der Waals surface area contributed by atoms with E-state index in [1.54, 1.807) is 4.52 Å². The number of rotatable bonds is 6. The van der Waals surface area contributed by atoms with Crippen molar-refractivity contribution in [3.05, 3.63) is 76.8 Å². The molecule has 0 bridgehead atoms. The molecule has 1 amide bonds. The zero-order valence-corrected chi connectivity index (χ0v) is 17.2. The Morgan fingerprint density at radius 2 is 1.86 bits per heavy atom. The number of hydrogen-bond donors (Lipinski definition) is 1. The van der Waals surface area contributed by atoms with Crippen molar-refractivity contribution < 1.29 is 4.79 Å². The summed E-state index contributed by atoms with van der Waals surface area (Å²) >= 11 is 7.48. The highest BCUT2D eigenvalue weighted by atomic mass is 35.5. The number of halogens is 1. The molecule has 6 nitrogen and oxygen atoms in total. The van der Waals surface area contributed by atoms with E-state index in [2.05, 4.69) is 20.6 Å². The number of hydrogen-bond acceptors (Lipinski definition) is 5. The topological polar surface area (TPSA) is 72.2 Å². The standard InChI is InChI=1S/C21H18ClN5OS/c1-14-6-8-15(9-7-14)21-25-24-18-10-11-20(26-27(18)21)29-13-19(28)23-12-16-4-2-3-5-17(16)22/h2-11H,12-13H2,1H3,(H,23,28). The van der Waals surface area contributed by atoms with Crippen molar-refractivity contribution in [1.82, 2.24) is 25.1 Å². The molecule has 29 heavy (non-hydrogen) atoms. The zero-order chi connectivity index (χ0) is 20.2. The number of nitrogens with one attached hydrogen (secondary N) is 1. The molecule has 0 aliphatic rings. The first kappa shape index (κ1) is 19.4. The van der Waals surface area contributed by atoms with Crippen molar-refractivity contribution in [2.75, 3.05) is 5.75 Å². The maximum Gasteiger partial charge on any atom is 0.230 e. The van der Waals surface area contributed by atoms with Crippen LogP contribution in [-0.2, 0) is 11.3 Å². The number of amides is 1.